The van der Waals surface area contributed by atoms with Gasteiger partial charge in [-0.1, -0.05) is 27.7 Å². The van der Waals surface area contributed by atoms with E-state index in [0.29, 0.717) is 5.41 Å². The molecule has 0 amide bonds. The molecule has 0 aromatic rings. The molecule has 0 radical (unpaired) electrons. The largest absolute Gasteiger partial charge is 0.394 e. The fourth-order valence-corrected chi connectivity index (χ4v) is 0.523. The smallest absolute Gasteiger partial charge is 0.381 e. The van der Waals surface area contributed by atoms with Gasteiger partial charge >= 0.3 is 10.4 Å². The number of hydrogen-bond acceptors (Lipinski definition) is 3. The summed E-state index contributed by atoms with van der Waals surface area (Å²) in [5.74, 6) is 0. The van der Waals surface area contributed by atoms with E-state index in [2.05, 4.69) is 27.7 Å². The van der Waals surface area contributed by atoms with Crippen LogP contribution in [0.5, 0.6) is 0 Å². The minimum atomic E-state index is -4.67. The van der Waals surface area contributed by atoms with Crippen molar-refractivity contribution in [2.75, 3.05) is 13.2 Å². The van der Waals surface area contributed by atoms with Crippen molar-refractivity contribution in [2.45, 2.75) is 34.1 Å². The monoisotopic (exact) mass is 228 g/mol. The Morgan fingerprint density at radius 2 is 1.57 bits per heavy atom. The Morgan fingerprint density at radius 1 is 1.21 bits per heavy atom. The Balaban J connectivity index is 0. The van der Waals surface area contributed by atoms with Crippen LogP contribution in [0.4, 0.5) is 0 Å². The quantitative estimate of drug-likeness (QED) is 0.568. The van der Waals surface area contributed by atoms with E-state index in [9.17, 15) is 0 Å². The lowest BCUT2D eigenvalue weighted by molar-refractivity contribution is 0.0717. The minimum Gasteiger partial charge on any atom is -0.381 e. The number of hydrogen-bond donors (Lipinski definition) is 2. The van der Waals surface area contributed by atoms with Crippen LogP contribution in [0.3, 0.4) is 0 Å². The van der Waals surface area contributed by atoms with Gasteiger partial charge in [0.25, 0.3) is 0 Å². The van der Waals surface area contributed by atoms with Gasteiger partial charge in [-0.15, -0.1) is 0 Å². The highest BCUT2D eigenvalue weighted by Gasteiger charge is 2.08. The highest BCUT2D eigenvalue weighted by atomic mass is 32.3. The van der Waals surface area contributed by atoms with E-state index < -0.39 is 10.4 Å². The Morgan fingerprint density at radius 3 is 1.79 bits per heavy atom. The van der Waals surface area contributed by atoms with Crippen LogP contribution >= 0.6 is 0 Å². The molecule has 0 aliphatic carbocycles. The first-order valence-corrected chi connectivity index (χ1v) is 5.73. The van der Waals surface area contributed by atoms with Crippen LogP contribution in [-0.4, -0.2) is 30.7 Å². The molecule has 5 nitrogen and oxygen atoms in total. The third-order valence-corrected chi connectivity index (χ3v) is 0.884. The van der Waals surface area contributed by atoms with E-state index >= 15 is 0 Å². The minimum absolute atomic E-state index is 0.329. The van der Waals surface area contributed by atoms with Crippen molar-refractivity contribution in [2.24, 2.45) is 5.41 Å². The summed E-state index contributed by atoms with van der Waals surface area (Å²) in [7, 11) is -4.67. The maximum Gasteiger partial charge on any atom is 0.394 e. The third-order valence-electron chi connectivity index (χ3n) is 0.884. The van der Waals surface area contributed by atoms with E-state index in [-0.39, 0.29) is 0 Å². The van der Waals surface area contributed by atoms with Crippen molar-refractivity contribution >= 4 is 10.4 Å². The van der Waals surface area contributed by atoms with Gasteiger partial charge in [0, 0.05) is 6.61 Å². The van der Waals surface area contributed by atoms with Crippen molar-refractivity contribution in [1.82, 2.24) is 0 Å². The van der Waals surface area contributed by atoms with Gasteiger partial charge in [-0.05, 0) is 11.8 Å². The number of rotatable bonds is 3. The lowest BCUT2D eigenvalue weighted by Crippen LogP contribution is -2.14. The summed E-state index contributed by atoms with van der Waals surface area (Å²) in [4.78, 5) is 0. The van der Waals surface area contributed by atoms with Gasteiger partial charge in [0.1, 0.15) is 0 Å². The molecule has 0 spiro atoms. The molecule has 0 rings (SSSR count). The molecule has 0 saturated heterocycles. The fourth-order valence-electron chi connectivity index (χ4n) is 0.523. The number of ether oxygens (including phenoxy) is 1. The summed E-state index contributed by atoms with van der Waals surface area (Å²) in [6, 6.07) is 0. The summed E-state index contributed by atoms with van der Waals surface area (Å²) in [5.41, 5.74) is 0.329. The SMILES string of the molecule is CCCOCC(C)(C)C.O=S(=O)(O)O. The van der Waals surface area contributed by atoms with Crippen molar-refractivity contribution in [1.29, 1.82) is 0 Å². The van der Waals surface area contributed by atoms with Crippen LogP contribution < -0.4 is 0 Å². The summed E-state index contributed by atoms with van der Waals surface area (Å²) in [5, 5.41) is 0. The summed E-state index contributed by atoms with van der Waals surface area (Å²) in [6.45, 7) is 10.5. The molecular formula is C8H20O5S. The highest BCUT2D eigenvalue weighted by molar-refractivity contribution is 7.79. The molecule has 0 aromatic heterocycles. The second kappa shape index (κ2) is 7.17. The molecule has 0 unspecified atom stereocenters. The fraction of sp³-hybridized carbons (Fsp3) is 1.00. The molecule has 6 heteroatoms. The average Bonchev–Trinajstić information content (AvgIpc) is 1.80. The highest BCUT2D eigenvalue weighted by Crippen LogP contribution is 2.12. The van der Waals surface area contributed by atoms with E-state index in [0.717, 1.165) is 19.6 Å². The summed E-state index contributed by atoms with van der Waals surface area (Å²) >= 11 is 0. The summed E-state index contributed by atoms with van der Waals surface area (Å²) < 4.78 is 36.9. The maximum absolute atomic E-state index is 8.74. The van der Waals surface area contributed by atoms with Gasteiger partial charge in [-0.2, -0.15) is 8.42 Å². The van der Waals surface area contributed by atoms with Crippen LogP contribution in [0.1, 0.15) is 34.1 Å². The molecule has 14 heavy (non-hydrogen) atoms. The standard InChI is InChI=1S/C8H18O.H2O4S/c1-5-6-9-7-8(2,3)4;1-5(2,3)4/h5-7H2,1-4H3;(H2,1,2,3,4). The van der Waals surface area contributed by atoms with E-state index in [4.69, 9.17) is 22.3 Å². The van der Waals surface area contributed by atoms with Crippen LogP contribution in [0.2, 0.25) is 0 Å². The van der Waals surface area contributed by atoms with Crippen LogP contribution in [-0.2, 0) is 15.1 Å². The Labute approximate surface area is 86.0 Å². The lowest BCUT2D eigenvalue weighted by atomic mass is 9.99. The van der Waals surface area contributed by atoms with Crippen LogP contribution in [0.25, 0.3) is 0 Å². The van der Waals surface area contributed by atoms with Gasteiger partial charge in [-0.25, -0.2) is 0 Å². The topological polar surface area (TPSA) is 83.8 Å². The Hall–Kier alpha value is -0.170. The van der Waals surface area contributed by atoms with Gasteiger partial charge in [0.05, 0.1) is 6.61 Å². The van der Waals surface area contributed by atoms with Crippen LogP contribution in [0, 0.1) is 5.41 Å². The van der Waals surface area contributed by atoms with Crippen molar-refractivity contribution < 1.29 is 22.3 Å². The molecule has 0 saturated carbocycles. The molecule has 0 atom stereocenters. The first-order chi connectivity index (χ1) is 6.06. The summed E-state index contributed by atoms with van der Waals surface area (Å²) in [6.07, 6.45) is 1.12. The molecule has 0 fully saturated rings. The second-order valence-corrected chi connectivity index (χ2v) is 4.96. The van der Waals surface area contributed by atoms with E-state index in [1.54, 1.807) is 0 Å². The van der Waals surface area contributed by atoms with Gasteiger partial charge < -0.3 is 4.74 Å². The molecule has 88 valence electrons. The normalized spacial score (nSPS) is 11.9. The Kier molecular flexibility index (Phi) is 8.33. The molecule has 0 aliphatic heterocycles. The molecule has 0 heterocycles. The zero-order valence-corrected chi connectivity index (χ0v) is 9.97. The zero-order valence-electron chi connectivity index (χ0n) is 9.15. The van der Waals surface area contributed by atoms with Crippen molar-refractivity contribution in [3.05, 3.63) is 0 Å². The third kappa shape index (κ3) is 40.8. The average molecular weight is 228 g/mol. The first kappa shape index (κ1) is 16.3. The van der Waals surface area contributed by atoms with Crippen molar-refractivity contribution in [3.63, 3.8) is 0 Å². The van der Waals surface area contributed by atoms with E-state index in [1.807, 2.05) is 0 Å². The van der Waals surface area contributed by atoms with Crippen LogP contribution in [0.15, 0.2) is 0 Å². The lowest BCUT2D eigenvalue weighted by Gasteiger charge is -2.17. The van der Waals surface area contributed by atoms with Crippen molar-refractivity contribution in [3.8, 4) is 0 Å². The predicted octanol–water partition coefficient (Wildman–Crippen LogP) is 1.81. The molecule has 0 aliphatic rings. The Bertz CT molecular complexity index is 206. The molecule has 0 aromatic carbocycles. The van der Waals surface area contributed by atoms with Gasteiger partial charge in [-0.3, -0.25) is 9.11 Å². The first-order valence-electron chi connectivity index (χ1n) is 4.34. The maximum atomic E-state index is 8.74. The zero-order chi connectivity index (χ0) is 11.8. The second-order valence-electron chi connectivity index (χ2n) is 4.06. The predicted molar refractivity (Wildman–Crippen MR) is 54.7 cm³/mol. The molecular weight excluding hydrogens is 208 g/mol. The molecule has 2 N–H and O–H groups in total. The van der Waals surface area contributed by atoms with E-state index in [1.165, 1.54) is 0 Å². The van der Waals surface area contributed by atoms with Gasteiger partial charge in [0.2, 0.25) is 0 Å². The molecule has 0 bridgehead atoms. The van der Waals surface area contributed by atoms with Gasteiger partial charge in [0.15, 0.2) is 0 Å².